The highest BCUT2D eigenvalue weighted by Gasteiger charge is 2.04. The predicted molar refractivity (Wildman–Crippen MR) is 66.1 cm³/mol. The van der Waals surface area contributed by atoms with E-state index in [4.69, 9.17) is 15.2 Å². The summed E-state index contributed by atoms with van der Waals surface area (Å²) in [6, 6.07) is 5.90. The summed E-state index contributed by atoms with van der Waals surface area (Å²) in [6.07, 6.45) is 3.51. The summed E-state index contributed by atoms with van der Waals surface area (Å²) in [6.45, 7) is 4.91. The van der Waals surface area contributed by atoms with Gasteiger partial charge in [-0.3, -0.25) is 0 Å². The molecule has 1 aromatic rings. The zero-order valence-corrected chi connectivity index (χ0v) is 9.74. The van der Waals surface area contributed by atoms with Crippen LogP contribution in [0.1, 0.15) is 12.0 Å². The molecule has 0 aliphatic carbocycles. The van der Waals surface area contributed by atoms with E-state index in [0.29, 0.717) is 13.2 Å². The first-order valence-electron chi connectivity index (χ1n) is 5.42. The highest BCUT2D eigenvalue weighted by molar-refractivity contribution is 5.43. The van der Waals surface area contributed by atoms with Gasteiger partial charge in [0.2, 0.25) is 0 Å². The summed E-state index contributed by atoms with van der Waals surface area (Å²) < 4.78 is 10.8. The van der Waals surface area contributed by atoms with Crippen LogP contribution in [0.2, 0.25) is 0 Å². The second-order valence-corrected chi connectivity index (χ2v) is 3.45. The van der Waals surface area contributed by atoms with E-state index in [1.165, 1.54) is 0 Å². The Kier molecular flexibility index (Phi) is 5.43. The third kappa shape index (κ3) is 3.59. The molecule has 0 heterocycles. The van der Waals surface area contributed by atoms with E-state index in [2.05, 4.69) is 6.58 Å². The third-order valence-corrected chi connectivity index (χ3v) is 2.24. The molecule has 0 aromatic heterocycles. The molecule has 88 valence electrons. The maximum atomic E-state index is 5.57. The van der Waals surface area contributed by atoms with Crippen molar-refractivity contribution >= 4 is 0 Å². The van der Waals surface area contributed by atoms with Crippen molar-refractivity contribution in [1.29, 1.82) is 0 Å². The van der Waals surface area contributed by atoms with Crippen LogP contribution >= 0.6 is 0 Å². The average Bonchev–Trinajstić information content (AvgIpc) is 2.31. The second kappa shape index (κ2) is 6.90. The average molecular weight is 221 g/mol. The first-order chi connectivity index (χ1) is 7.81. The summed E-state index contributed by atoms with van der Waals surface area (Å²) in [5.74, 6) is 1.53. The Morgan fingerprint density at radius 2 is 2.19 bits per heavy atom. The number of hydrogen-bond acceptors (Lipinski definition) is 3. The number of nitrogens with two attached hydrogens (primary N) is 1. The Hall–Kier alpha value is -1.48. The number of rotatable bonds is 7. The molecular formula is C13H19NO2. The smallest absolute Gasteiger partial charge is 0.161 e. The largest absolute Gasteiger partial charge is 0.493 e. The maximum Gasteiger partial charge on any atom is 0.161 e. The van der Waals surface area contributed by atoms with Crippen LogP contribution in [-0.4, -0.2) is 20.3 Å². The molecule has 1 rings (SSSR count). The van der Waals surface area contributed by atoms with Gasteiger partial charge in [-0.15, -0.1) is 6.58 Å². The van der Waals surface area contributed by atoms with Crippen molar-refractivity contribution in [2.45, 2.75) is 12.8 Å². The standard InChI is InChI=1S/C13H19NO2/c1-3-4-9-16-12-6-5-11(7-8-14)10-13(12)15-2/h3,5-6,10H,1,4,7-9,14H2,2H3. The molecule has 0 spiro atoms. The Morgan fingerprint density at radius 1 is 1.38 bits per heavy atom. The van der Waals surface area contributed by atoms with Gasteiger partial charge in [0.05, 0.1) is 13.7 Å². The van der Waals surface area contributed by atoms with Gasteiger partial charge in [-0.05, 0) is 37.1 Å². The highest BCUT2D eigenvalue weighted by atomic mass is 16.5. The van der Waals surface area contributed by atoms with Gasteiger partial charge in [0, 0.05) is 0 Å². The van der Waals surface area contributed by atoms with Gasteiger partial charge < -0.3 is 15.2 Å². The SMILES string of the molecule is C=CCCOc1ccc(CCN)cc1OC. The van der Waals surface area contributed by atoms with Gasteiger partial charge in [-0.25, -0.2) is 0 Å². The second-order valence-electron chi connectivity index (χ2n) is 3.45. The van der Waals surface area contributed by atoms with Crippen LogP contribution < -0.4 is 15.2 Å². The van der Waals surface area contributed by atoms with Crippen molar-refractivity contribution in [1.82, 2.24) is 0 Å². The molecule has 3 heteroatoms. The fourth-order valence-corrected chi connectivity index (χ4v) is 1.41. The van der Waals surface area contributed by atoms with Gasteiger partial charge >= 0.3 is 0 Å². The topological polar surface area (TPSA) is 44.5 Å². The van der Waals surface area contributed by atoms with Crippen LogP contribution in [0.5, 0.6) is 11.5 Å². The number of methoxy groups -OCH3 is 1. The fourth-order valence-electron chi connectivity index (χ4n) is 1.41. The number of benzene rings is 1. The van der Waals surface area contributed by atoms with Crippen molar-refractivity contribution in [2.24, 2.45) is 5.73 Å². The number of ether oxygens (including phenoxy) is 2. The maximum absolute atomic E-state index is 5.57. The summed E-state index contributed by atoms with van der Waals surface area (Å²) in [5.41, 5.74) is 6.67. The lowest BCUT2D eigenvalue weighted by Gasteiger charge is -2.11. The van der Waals surface area contributed by atoms with Gasteiger partial charge in [0.15, 0.2) is 11.5 Å². The molecule has 3 nitrogen and oxygen atoms in total. The molecule has 0 saturated carbocycles. The fraction of sp³-hybridized carbons (Fsp3) is 0.385. The molecule has 1 aromatic carbocycles. The molecule has 0 saturated heterocycles. The van der Waals surface area contributed by atoms with E-state index in [0.717, 1.165) is 29.9 Å². The minimum absolute atomic E-state index is 0.621. The Bertz CT molecular complexity index is 337. The van der Waals surface area contributed by atoms with Crippen molar-refractivity contribution in [3.63, 3.8) is 0 Å². The van der Waals surface area contributed by atoms with Gasteiger partial charge in [0.25, 0.3) is 0 Å². The molecule has 0 fully saturated rings. The van der Waals surface area contributed by atoms with Gasteiger partial charge in [-0.1, -0.05) is 12.1 Å². The normalized spacial score (nSPS) is 9.88. The Labute approximate surface area is 96.9 Å². The molecule has 0 unspecified atom stereocenters. The summed E-state index contributed by atoms with van der Waals surface area (Å²) in [7, 11) is 1.64. The Balaban J connectivity index is 2.72. The van der Waals surface area contributed by atoms with Gasteiger partial charge in [-0.2, -0.15) is 0 Å². The molecule has 0 radical (unpaired) electrons. The quantitative estimate of drug-likeness (QED) is 0.567. The van der Waals surface area contributed by atoms with E-state index >= 15 is 0 Å². The molecular weight excluding hydrogens is 202 g/mol. The molecule has 16 heavy (non-hydrogen) atoms. The predicted octanol–water partition coefficient (Wildman–Crippen LogP) is 2.15. The van der Waals surface area contributed by atoms with E-state index in [-0.39, 0.29) is 0 Å². The van der Waals surface area contributed by atoms with Crippen LogP contribution in [0.3, 0.4) is 0 Å². The van der Waals surface area contributed by atoms with E-state index < -0.39 is 0 Å². The summed E-state index contributed by atoms with van der Waals surface area (Å²) >= 11 is 0. The lowest BCUT2D eigenvalue weighted by atomic mass is 10.1. The van der Waals surface area contributed by atoms with Crippen molar-refractivity contribution in [2.75, 3.05) is 20.3 Å². The van der Waals surface area contributed by atoms with E-state index in [9.17, 15) is 0 Å². The zero-order chi connectivity index (χ0) is 11.8. The molecule has 0 aliphatic rings. The molecule has 0 aliphatic heterocycles. The minimum Gasteiger partial charge on any atom is -0.493 e. The lowest BCUT2D eigenvalue weighted by Crippen LogP contribution is -2.03. The molecule has 0 amide bonds. The van der Waals surface area contributed by atoms with Crippen molar-refractivity contribution in [3.05, 3.63) is 36.4 Å². The van der Waals surface area contributed by atoms with Crippen LogP contribution in [0.4, 0.5) is 0 Å². The molecule has 0 atom stereocenters. The molecule has 2 N–H and O–H groups in total. The summed E-state index contributed by atoms with van der Waals surface area (Å²) in [5, 5.41) is 0. The van der Waals surface area contributed by atoms with E-state index in [1.54, 1.807) is 7.11 Å². The van der Waals surface area contributed by atoms with Crippen molar-refractivity contribution < 1.29 is 9.47 Å². The summed E-state index contributed by atoms with van der Waals surface area (Å²) in [4.78, 5) is 0. The highest BCUT2D eigenvalue weighted by Crippen LogP contribution is 2.28. The molecule has 0 bridgehead atoms. The van der Waals surface area contributed by atoms with Crippen LogP contribution in [0.15, 0.2) is 30.9 Å². The lowest BCUT2D eigenvalue weighted by molar-refractivity contribution is 0.299. The third-order valence-electron chi connectivity index (χ3n) is 2.24. The Morgan fingerprint density at radius 3 is 2.81 bits per heavy atom. The van der Waals surface area contributed by atoms with E-state index in [1.807, 2.05) is 24.3 Å². The van der Waals surface area contributed by atoms with Crippen LogP contribution in [-0.2, 0) is 6.42 Å². The monoisotopic (exact) mass is 221 g/mol. The first kappa shape index (κ1) is 12.6. The van der Waals surface area contributed by atoms with Gasteiger partial charge in [0.1, 0.15) is 0 Å². The first-order valence-corrected chi connectivity index (χ1v) is 5.42. The minimum atomic E-state index is 0.621. The van der Waals surface area contributed by atoms with Crippen LogP contribution in [0, 0.1) is 0 Å². The number of hydrogen-bond donors (Lipinski definition) is 1. The zero-order valence-electron chi connectivity index (χ0n) is 9.74. The van der Waals surface area contributed by atoms with Crippen molar-refractivity contribution in [3.8, 4) is 11.5 Å². The van der Waals surface area contributed by atoms with Crippen LogP contribution in [0.25, 0.3) is 0 Å².